The van der Waals surface area contributed by atoms with E-state index in [1.54, 1.807) is 13.8 Å². The number of hydrogen-bond donors (Lipinski definition) is 0. The smallest absolute Gasteiger partial charge is 0.416 e. The Bertz CT molecular complexity index is 474. The minimum absolute atomic E-state index is 0.0615. The number of nitrogens with zero attached hydrogens (tertiary/aromatic N) is 1. The predicted octanol–water partition coefficient (Wildman–Crippen LogP) is 3.23. The molecular formula is C13H15F4NO2. The third kappa shape index (κ3) is 4.11. The molecule has 7 heteroatoms. The Balaban J connectivity index is 2.96. The van der Waals surface area contributed by atoms with E-state index >= 15 is 0 Å². The van der Waals surface area contributed by atoms with E-state index in [2.05, 4.69) is 0 Å². The zero-order valence-corrected chi connectivity index (χ0v) is 11.1. The van der Waals surface area contributed by atoms with Crippen molar-refractivity contribution in [3.05, 3.63) is 29.6 Å². The van der Waals surface area contributed by atoms with Crippen LogP contribution in [0.5, 0.6) is 0 Å². The molecule has 0 radical (unpaired) electrons. The van der Waals surface area contributed by atoms with Gasteiger partial charge in [0.1, 0.15) is 12.4 Å². The van der Waals surface area contributed by atoms with Gasteiger partial charge >= 0.3 is 12.1 Å². The lowest BCUT2D eigenvalue weighted by molar-refractivity contribution is -0.141. The normalized spacial score (nSPS) is 11.3. The molecule has 0 aliphatic heterocycles. The number of carbonyl (C=O) groups excluding carboxylic acids is 1. The van der Waals surface area contributed by atoms with Crippen molar-refractivity contribution in [2.45, 2.75) is 20.0 Å². The van der Waals surface area contributed by atoms with Crippen LogP contribution in [0, 0.1) is 5.82 Å². The number of carbonyl (C=O) groups is 1. The fourth-order valence-corrected chi connectivity index (χ4v) is 1.67. The number of alkyl halides is 3. The number of likely N-dealkylation sites (N-methyl/N-ethyl adjacent to an activating group) is 1. The van der Waals surface area contributed by atoms with Crippen molar-refractivity contribution in [2.75, 3.05) is 24.6 Å². The summed E-state index contributed by atoms with van der Waals surface area (Å²) in [6.45, 7) is 3.53. The monoisotopic (exact) mass is 293 g/mol. The number of halogens is 4. The number of benzene rings is 1. The topological polar surface area (TPSA) is 29.5 Å². The van der Waals surface area contributed by atoms with E-state index in [4.69, 9.17) is 4.74 Å². The Labute approximate surface area is 114 Å². The molecule has 0 spiro atoms. The van der Waals surface area contributed by atoms with E-state index < -0.39 is 23.5 Å². The van der Waals surface area contributed by atoms with Gasteiger partial charge < -0.3 is 9.64 Å². The van der Waals surface area contributed by atoms with Crippen LogP contribution >= 0.6 is 0 Å². The highest BCUT2D eigenvalue weighted by atomic mass is 19.4. The van der Waals surface area contributed by atoms with Crippen molar-refractivity contribution < 1.29 is 27.1 Å². The van der Waals surface area contributed by atoms with E-state index in [9.17, 15) is 22.4 Å². The second kappa shape index (κ2) is 6.58. The maximum Gasteiger partial charge on any atom is 0.416 e. The lowest BCUT2D eigenvalue weighted by Gasteiger charge is -2.23. The summed E-state index contributed by atoms with van der Waals surface area (Å²) in [6, 6.07) is 2.22. The Morgan fingerprint density at radius 2 is 1.95 bits per heavy atom. The molecule has 1 aromatic carbocycles. The summed E-state index contributed by atoms with van der Waals surface area (Å²) >= 11 is 0. The largest absolute Gasteiger partial charge is 0.465 e. The third-order valence-corrected chi connectivity index (χ3v) is 2.62. The SMILES string of the molecule is CCOC(=O)CN(CC)c1ccc(C(F)(F)F)cc1F. The number of esters is 1. The first-order chi connectivity index (χ1) is 9.29. The van der Waals surface area contributed by atoms with Crippen LogP contribution < -0.4 is 4.90 Å². The summed E-state index contributed by atoms with van der Waals surface area (Å²) in [7, 11) is 0. The molecule has 0 atom stereocenters. The van der Waals surface area contributed by atoms with Gasteiger partial charge in [-0.2, -0.15) is 13.2 Å². The van der Waals surface area contributed by atoms with Gasteiger partial charge in [0.25, 0.3) is 0 Å². The molecule has 0 saturated carbocycles. The van der Waals surface area contributed by atoms with Crippen molar-refractivity contribution in [1.82, 2.24) is 0 Å². The summed E-state index contributed by atoms with van der Waals surface area (Å²) in [5, 5.41) is 0. The Hall–Kier alpha value is -1.79. The second-order valence-corrected chi connectivity index (χ2v) is 3.98. The minimum atomic E-state index is -4.60. The average Bonchev–Trinajstić information content (AvgIpc) is 2.35. The standard InChI is InChI=1S/C13H15F4NO2/c1-3-18(8-12(19)20-4-2)11-6-5-9(7-10(11)14)13(15,16)17/h5-7H,3-4,8H2,1-2H3. The molecule has 0 aromatic heterocycles. The summed E-state index contributed by atoms with van der Waals surface area (Å²) in [6.07, 6.45) is -4.60. The van der Waals surface area contributed by atoms with Gasteiger partial charge in [0.05, 0.1) is 17.9 Å². The first kappa shape index (κ1) is 16.3. The van der Waals surface area contributed by atoms with Gasteiger partial charge in [0.15, 0.2) is 0 Å². The van der Waals surface area contributed by atoms with Crippen LogP contribution in [0.4, 0.5) is 23.2 Å². The molecule has 0 amide bonds. The highest BCUT2D eigenvalue weighted by molar-refractivity contribution is 5.76. The quantitative estimate of drug-likeness (QED) is 0.616. The van der Waals surface area contributed by atoms with Gasteiger partial charge in [-0.25, -0.2) is 4.39 Å². The van der Waals surface area contributed by atoms with E-state index in [0.717, 1.165) is 12.1 Å². The predicted molar refractivity (Wildman–Crippen MR) is 65.9 cm³/mol. The fourth-order valence-electron chi connectivity index (χ4n) is 1.67. The van der Waals surface area contributed by atoms with E-state index in [1.165, 1.54) is 4.90 Å². The van der Waals surface area contributed by atoms with Crippen molar-refractivity contribution in [2.24, 2.45) is 0 Å². The van der Waals surface area contributed by atoms with Gasteiger partial charge in [0.2, 0.25) is 0 Å². The van der Waals surface area contributed by atoms with Crippen molar-refractivity contribution in [3.63, 3.8) is 0 Å². The van der Waals surface area contributed by atoms with Gasteiger partial charge in [0, 0.05) is 6.54 Å². The highest BCUT2D eigenvalue weighted by Gasteiger charge is 2.31. The van der Waals surface area contributed by atoms with Gasteiger partial charge in [-0.1, -0.05) is 0 Å². The number of hydrogen-bond acceptors (Lipinski definition) is 3. The first-order valence-corrected chi connectivity index (χ1v) is 6.06. The summed E-state index contributed by atoms with van der Waals surface area (Å²) in [5.41, 5.74) is -1.13. The van der Waals surface area contributed by atoms with E-state index in [-0.39, 0.29) is 25.4 Å². The van der Waals surface area contributed by atoms with Crippen molar-refractivity contribution in [3.8, 4) is 0 Å². The fraction of sp³-hybridized carbons (Fsp3) is 0.462. The van der Waals surface area contributed by atoms with Gasteiger partial charge in [-0.3, -0.25) is 4.79 Å². The third-order valence-electron chi connectivity index (χ3n) is 2.62. The average molecular weight is 293 g/mol. The lowest BCUT2D eigenvalue weighted by atomic mass is 10.1. The molecule has 0 heterocycles. The van der Waals surface area contributed by atoms with Gasteiger partial charge in [-0.15, -0.1) is 0 Å². The van der Waals surface area contributed by atoms with E-state index in [0.29, 0.717) is 6.07 Å². The Morgan fingerprint density at radius 1 is 1.30 bits per heavy atom. The molecule has 0 unspecified atom stereocenters. The van der Waals surface area contributed by atoms with Crippen LogP contribution in [0.1, 0.15) is 19.4 Å². The van der Waals surface area contributed by atoms with Crippen LogP contribution in [0.15, 0.2) is 18.2 Å². The van der Waals surface area contributed by atoms with Crippen LogP contribution in [-0.2, 0) is 15.7 Å². The van der Waals surface area contributed by atoms with Crippen LogP contribution in [0.3, 0.4) is 0 Å². The summed E-state index contributed by atoms with van der Waals surface area (Å²) in [4.78, 5) is 12.7. The molecule has 0 fully saturated rings. The maximum atomic E-state index is 13.8. The van der Waals surface area contributed by atoms with Crippen LogP contribution in [0.25, 0.3) is 0 Å². The van der Waals surface area contributed by atoms with Crippen LogP contribution in [-0.4, -0.2) is 25.7 Å². The summed E-state index contributed by atoms with van der Waals surface area (Å²) in [5.74, 6) is -1.58. The molecule has 20 heavy (non-hydrogen) atoms. The molecule has 0 saturated heterocycles. The highest BCUT2D eigenvalue weighted by Crippen LogP contribution is 2.32. The first-order valence-electron chi connectivity index (χ1n) is 6.06. The maximum absolute atomic E-state index is 13.8. The molecular weight excluding hydrogens is 278 g/mol. The lowest BCUT2D eigenvalue weighted by Crippen LogP contribution is -2.31. The molecule has 0 N–H and O–H groups in total. The molecule has 112 valence electrons. The van der Waals surface area contributed by atoms with Crippen LogP contribution in [0.2, 0.25) is 0 Å². The minimum Gasteiger partial charge on any atom is -0.465 e. The molecule has 1 rings (SSSR count). The Morgan fingerprint density at radius 3 is 2.40 bits per heavy atom. The number of ether oxygens (including phenoxy) is 1. The molecule has 0 aliphatic rings. The summed E-state index contributed by atoms with van der Waals surface area (Å²) < 4.78 is 55.8. The van der Waals surface area contributed by atoms with Gasteiger partial charge in [-0.05, 0) is 32.0 Å². The Kier molecular flexibility index (Phi) is 5.35. The molecule has 0 aliphatic carbocycles. The zero-order chi connectivity index (χ0) is 15.3. The molecule has 3 nitrogen and oxygen atoms in total. The van der Waals surface area contributed by atoms with Crippen molar-refractivity contribution in [1.29, 1.82) is 0 Å². The van der Waals surface area contributed by atoms with Crippen molar-refractivity contribution >= 4 is 11.7 Å². The molecule has 1 aromatic rings. The number of rotatable bonds is 5. The zero-order valence-electron chi connectivity index (χ0n) is 11.1. The second-order valence-electron chi connectivity index (χ2n) is 3.98. The van der Waals surface area contributed by atoms with E-state index in [1.807, 2.05) is 0 Å². The molecule has 0 bridgehead atoms. The number of anilines is 1.